The second-order valence-corrected chi connectivity index (χ2v) is 10.9. The molecule has 1 fully saturated rings. The molecular weight excluding hydrogens is 575 g/mol. The first-order valence-electron chi connectivity index (χ1n) is 14.0. The predicted molar refractivity (Wildman–Crippen MR) is 157 cm³/mol. The van der Waals surface area contributed by atoms with Crippen molar-refractivity contribution in [2.75, 3.05) is 38.5 Å². The summed E-state index contributed by atoms with van der Waals surface area (Å²) in [6, 6.07) is 10.5. The highest BCUT2D eigenvalue weighted by atomic mass is 19.4. The highest BCUT2D eigenvalue weighted by Crippen LogP contribution is 2.35. The van der Waals surface area contributed by atoms with Gasteiger partial charge < -0.3 is 19.4 Å². The normalized spacial score (nSPS) is 14.7. The van der Waals surface area contributed by atoms with Gasteiger partial charge in [0.1, 0.15) is 17.4 Å². The van der Waals surface area contributed by atoms with E-state index in [1.807, 2.05) is 18.9 Å². The van der Waals surface area contributed by atoms with Gasteiger partial charge in [0.05, 0.1) is 23.6 Å². The minimum atomic E-state index is -4.57. The summed E-state index contributed by atoms with van der Waals surface area (Å²) in [5.74, 6) is 0.361. The average Bonchev–Trinajstić information content (AvgIpc) is 3.66. The van der Waals surface area contributed by atoms with Crippen molar-refractivity contribution in [3.63, 3.8) is 0 Å². The molecule has 10 nitrogen and oxygen atoms in total. The number of anilines is 1. The van der Waals surface area contributed by atoms with Gasteiger partial charge in [0.15, 0.2) is 11.5 Å². The number of benzene rings is 2. The second kappa shape index (κ2) is 11.7. The fourth-order valence-electron chi connectivity index (χ4n) is 5.06. The van der Waals surface area contributed by atoms with Gasteiger partial charge in [-0.15, -0.1) is 0 Å². The van der Waals surface area contributed by atoms with E-state index in [1.54, 1.807) is 36.1 Å². The van der Waals surface area contributed by atoms with Crippen LogP contribution in [0.4, 0.5) is 18.9 Å². The third kappa shape index (κ3) is 6.15. The number of carbonyl (C=O) groups excluding carboxylic acids is 1. The molecule has 1 saturated heterocycles. The maximum Gasteiger partial charge on any atom is 0.416 e. The summed E-state index contributed by atoms with van der Waals surface area (Å²) in [5, 5.41) is 7.44. The van der Waals surface area contributed by atoms with Gasteiger partial charge in [-0.05, 0) is 55.4 Å². The van der Waals surface area contributed by atoms with Crippen LogP contribution in [0.3, 0.4) is 0 Å². The third-order valence-electron chi connectivity index (χ3n) is 7.66. The molecule has 0 unspecified atom stereocenters. The molecule has 1 amide bonds. The zero-order valence-corrected chi connectivity index (χ0v) is 24.4. The lowest BCUT2D eigenvalue weighted by atomic mass is 10.0. The molecule has 0 spiro atoms. The Hall–Kier alpha value is -4.75. The number of rotatable bonds is 7. The number of piperazine rings is 1. The Balaban J connectivity index is 1.25. The summed E-state index contributed by atoms with van der Waals surface area (Å²) in [4.78, 5) is 26.5. The zero-order chi connectivity index (χ0) is 31.0. The fraction of sp³-hybridized carbons (Fsp3) is 0.290. The molecule has 5 aromatic rings. The molecule has 2 aromatic carbocycles. The molecule has 1 N–H and O–H groups in total. The fourth-order valence-corrected chi connectivity index (χ4v) is 5.06. The van der Waals surface area contributed by atoms with Crippen LogP contribution in [0.25, 0.3) is 22.4 Å². The molecule has 0 bridgehead atoms. The predicted octanol–water partition coefficient (Wildman–Crippen LogP) is 5.74. The van der Waals surface area contributed by atoms with Crippen LogP contribution in [0.5, 0.6) is 11.6 Å². The van der Waals surface area contributed by atoms with E-state index in [9.17, 15) is 18.0 Å². The summed E-state index contributed by atoms with van der Waals surface area (Å²) < 4.78 is 55.2. The first-order valence-corrected chi connectivity index (χ1v) is 14.0. The van der Waals surface area contributed by atoms with Crippen LogP contribution < -0.4 is 10.1 Å². The van der Waals surface area contributed by atoms with Crippen LogP contribution in [0, 0.1) is 6.92 Å². The number of furan rings is 1. The van der Waals surface area contributed by atoms with Crippen LogP contribution in [-0.2, 0) is 19.8 Å². The topological polar surface area (TPSA) is 102 Å². The van der Waals surface area contributed by atoms with Crippen molar-refractivity contribution in [1.29, 1.82) is 0 Å². The van der Waals surface area contributed by atoms with Gasteiger partial charge in [0, 0.05) is 51.0 Å². The lowest BCUT2D eigenvalue weighted by Gasteiger charge is -2.33. The number of hydrogen-bond acceptors (Lipinski definition) is 8. The number of aromatic nitrogens is 4. The minimum Gasteiger partial charge on any atom is -0.472 e. The molecule has 0 radical (unpaired) electrons. The van der Waals surface area contributed by atoms with Crippen LogP contribution >= 0.6 is 0 Å². The molecule has 3 aromatic heterocycles. The number of alkyl halides is 3. The summed E-state index contributed by atoms with van der Waals surface area (Å²) >= 11 is 0. The lowest BCUT2D eigenvalue weighted by Crippen LogP contribution is -2.44. The molecule has 4 heterocycles. The van der Waals surface area contributed by atoms with Gasteiger partial charge in [-0.1, -0.05) is 12.1 Å². The Morgan fingerprint density at radius 1 is 1.05 bits per heavy atom. The van der Waals surface area contributed by atoms with E-state index in [4.69, 9.17) is 9.15 Å². The van der Waals surface area contributed by atoms with Crippen molar-refractivity contribution in [3.8, 4) is 23.0 Å². The van der Waals surface area contributed by atoms with Gasteiger partial charge in [-0.2, -0.15) is 23.3 Å². The van der Waals surface area contributed by atoms with Gasteiger partial charge in [0.25, 0.3) is 5.91 Å². The van der Waals surface area contributed by atoms with E-state index in [0.717, 1.165) is 24.7 Å². The Labute approximate surface area is 251 Å². The minimum absolute atomic E-state index is 0.0464. The molecule has 44 heavy (non-hydrogen) atoms. The van der Waals surface area contributed by atoms with Crippen LogP contribution in [0.1, 0.15) is 27.0 Å². The summed E-state index contributed by atoms with van der Waals surface area (Å²) in [7, 11) is 3.74. The van der Waals surface area contributed by atoms with Crippen molar-refractivity contribution >= 4 is 22.6 Å². The third-order valence-corrected chi connectivity index (χ3v) is 7.66. The monoisotopic (exact) mass is 605 g/mol. The van der Waals surface area contributed by atoms with E-state index in [2.05, 4.69) is 25.3 Å². The highest BCUT2D eigenvalue weighted by molar-refractivity contribution is 6.04. The smallest absolute Gasteiger partial charge is 0.416 e. The number of nitrogens with one attached hydrogen (secondary N) is 1. The lowest BCUT2D eigenvalue weighted by molar-refractivity contribution is -0.138. The first kappa shape index (κ1) is 29.3. The largest absolute Gasteiger partial charge is 0.472 e. The Bertz CT molecular complexity index is 1810. The van der Waals surface area contributed by atoms with E-state index in [1.165, 1.54) is 30.7 Å². The average molecular weight is 606 g/mol. The van der Waals surface area contributed by atoms with Gasteiger partial charge in [-0.25, -0.2) is 4.98 Å². The van der Waals surface area contributed by atoms with Crippen molar-refractivity contribution in [2.45, 2.75) is 19.6 Å². The molecule has 0 saturated carbocycles. The van der Waals surface area contributed by atoms with Gasteiger partial charge >= 0.3 is 6.18 Å². The Morgan fingerprint density at radius 2 is 1.84 bits per heavy atom. The second-order valence-electron chi connectivity index (χ2n) is 10.9. The molecular formula is C31H30F3N7O3. The van der Waals surface area contributed by atoms with Crippen molar-refractivity contribution < 1.29 is 27.1 Å². The van der Waals surface area contributed by atoms with E-state index in [0.29, 0.717) is 41.3 Å². The number of amides is 1. The number of fused-ring (bicyclic) bond motifs is 1. The molecule has 228 valence electrons. The number of aryl methyl sites for hydroxylation is 2. The van der Waals surface area contributed by atoms with E-state index < -0.39 is 17.6 Å². The van der Waals surface area contributed by atoms with Crippen LogP contribution in [0.2, 0.25) is 0 Å². The molecule has 13 heteroatoms. The number of halogens is 3. The quantitative estimate of drug-likeness (QED) is 0.251. The highest BCUT2D eigenvalue weighted by Gasteiger charge is 2.34. The van der Waals surface area contributed by atoms with Crippen molar-refractivity contribution in [3.05, 3.63) is 83.4 Å². The number of nitrogens with zero attached hydrogens (tertiary/aromatic N) is 6. The summed E-state index contributed by atoms with van der Waals surface area (Å²) in [5.41, 5.74) is 1.56. The van der Waals surface area contributed by atoms with Gasteiger partial charge in [0.2, 0.25) is 5.88 Å². The van der Waals surface area contributed by atoms with Crippen LogP contribution in [-0.4, -0.2) is 68.7 Å². The number of likely N-dealkylation sites (N-methyl/N-ethyl adjacent to an activating group) is 1. The van der Waals surface area contributed by atoms with Gasteiger partial charge in [-0.3, -0.25) is 14.4 Å². The van der Waals surface area contributed by atoms with Crippen LogP contribution in [0.15, 0.2) is 65.6 Å². The zero-order valence-electron chi connectivity index (χ0n) is 24.4. The molecule has 0 atom stereocenters. The summed E-state index contributed by atoms with van der Waals surface area (Å²) in [6.07, 6.45) is 0.0394. The standard InChI is InChI=1S/C31H30F3N7O3/c1-19-4-5-20(14-26(19)44-30-24-16-35-40(3)28(24)37-27(38-30)22-8-13-43-18-22)29(42)36-23-7-6-21(25(15-23)31(32,33)34)17-41-11-9-39(2)10-12-41/h4-8,13-16,18H,9-12,17H2,1-3H3,(H,36,42). The van der Waals surface area contributed by atoms with E-state index >= 15 is 0 Å². The number of carbonyl (C=O) groups is 1. The molecule has 0 aliphatic carbocycles. The maximum atomic E-state index is 14.1. The van der Waals surface area contributed by atoms with E-state index in [-0.39, 0.29) is 29.2 Å². The maximum absolute atomic E-state index is 14.1. The molecule has 1 aliphatic heterocycles. The number of ether oxygens (including phenoxy) is 1. The van der Waals surface area contributed by atoms with Crippen molar-refractivity contribution in [2.24, 2.45) is 7.05 Å². The SMILES string of the molecule is Cc1ccc(C(=O)Nc2ccc(CN3CCN(C)CC3)c(C(F)(F)F)c2)cc1Oc1nc(-c2ccoc2)nc2c1cnn2C. The Kier molecular flexibility index (Phi) is 7.82. The molecule has 1 aliphatic rings. The molecule has 6 rings (SSSR count). The number of hydrogen-bond donors (Lipinski definition) is 1. The van der Waals surface area contributed by atoms with Crippen molar-refractivity contribution in [1.82, 2.24) is 29.5 Å². The Morgan fingerprint density at radius 3 is 2.57 bits per heavy atom. The first-order chi connectivity index (χ1) is 21.0. The summed E-state index contributed by atoms with van der Waals surface area (Å²) in [6.45, 7) is 4.98.